The van der Waals surface area contributed by atoms with Gasteiger partial charge in [0.15, 0.2) is 11.3 Å². The minimum atomic E-state index is -1.18. The van der Waals surface area contributed by atoms with Crippen molar-refractivity contribution < 1.29 is 19.5 Å². The van der Waals surface area contributed by atoms with Crippen LogP contribution < -0.4 is 5.32 Å². The van der Waals surface area contributed by atoms with E-state index in [4.69, 9.17) is 5.11 Å². The topological polar surface area (TPSA) is 86.7 Å². The molecule has 0 aromatic rings. The molecule has 1 aliphatic heterocycles. The third-order valence-electron chi connectivity index (χ3n) is 5.30. The van der Waals surface area contributed by atoms with Crippen molar-refractivity contribution in [2.45, 2.75) is 58.4 Å². The number of hydrogen-bond acceptors (Lipinski definition) is 4. The van der Waals surface area contributed by atoms with Gasteiger partial charge in [0.05, 0.1) is 0 Å². The summed E-state index contributed by atoms with van der Waals surface area (Å²) in [5, 5.41) is 11.6. The summed E-state index contributed by atoms with van der Waals surface area (Å²) in [4.78, 5) is 37.1. The molecule has 1 amide bonds. The molecule has 0 saturated carbocycles. The second-order valence-corrected chi connectivity index (χ2v) is 7.48. The molecular weight excluding hydrogens is 356 g/mol. The van der Waals surface area contributed by atoms with Gasteiger partial charge >= 0.3 is 5.97 Å². The number of carbonyl (C=O) groups excluding carboxylic acids is 2. The number of nitrogens with one attached hydrogen (secondary N) is 1. The highest BCUT2D eigenvalue weighted by Crippen LogP contribution is 2.29. The first-order chi connectivity index (χ1) is 13.3. The van der Waals surface area contributed by atoms with E-state index in [1.165, 1.54) is 11.1 Å². The molecule has 6 heteroatoms. The van der Waals surface area contributed by atoms with Crippen LogP contribution in [0.5, 0.6) is 0 Å². The molecule has 2 aliphatic carbocycles. The van der Waals surface area contributed by atoms with Gasteiger partial charge < -0.3 is 15.3 Å². The van der Waals surface area contributed by atoms with Gasteiger partial charge in [-0.05, 0) is 29.9 Å². The molecule has 6 nitrogen and oxygen atoms in total. The summed E-state index contributed by atoms with van der Waals surface area (Å²) in [6.45, 7) is 5.99. The van der Waals surface area contributed by atoms with E-state index < -0.39 is 11.5 Å². The molecule has 0 aromatic heterocycles. The summed E-state index contributed by atoms with van der Waals surface area (Å²) < 4.78 is 0. The molecule has 152 valence electrons. The van der Waals surface area contributed by atoms with Crippen molar-refractivity contribution in [3.8, 4) is 11.1 Å². The minimum absolute atomic E-state index is 0.104. The third kappa shape index (κ3) is 4.61. The van der Waals surface area contributed by atoms with Crippen molar-refractivity contribution in [2.75, 3.05) is 6.54 Å². The summed E-state index contributed by atoms with van der Waals surface area (Å²) in [6, 6.07) is 8.48. The molecule has 0 fully saturated rings. The van der Waals surface area contributed by atoms with Crippen LogP contribution in [0.1, 0.15) is 52.9 Å². The van der Waals surface area contributed by atoms with Gasteiger partial charge in [-0.3, -0.25) is 14.4 Å². The minimum Gasteiger partial charge on any atom is -0.481 e. The summed E-state index contributed by atoms with van der Waals surface area (Å²) in [7, 11) is 0. The number of Topliss-reactive ketones (excluding diaryl/α,β-unsaturated/α-hetero) is 1. The quantitative estimate of drug-likeness (QED) is 0.508. The predicted molar refractivity (Wildman–Crippen MR) is 108 cm³/mol. The zero-order valence-corrected chi connectivity index (χ0v) is 16.9. The monoisotopic (exact) mass is 386 g/mol. The number of rotatable bonds is 9. The van der Waals surface area contributed by atoms with E-state index in [1.807, 2.05) is 13.8 Å². The molecule has 1 unspecified atom stereocenters. The Morgan fingerprint density at radius 1 is 1.11 bits per heavy atom. The average molecular weight is 386 g/mol. The first-order valence-electron chi connectivity index (χ1n) is 9.93. The van der Waals surface area contributed by atoms with Gasteiger partial charge in [0.25, 0.3) is 5.91 Å². The van der Waals surface area contributed by atoms with Crippen LogP contribution in [0, 0.1) is 5.92 Å². The summed E-state index contributed by atoms with van der Waals surface area (Å²) in [6.07, 6.45) is 5.83. The van der Waals surface area contributed by atoms with E-state index >= 15 is 0 Å². The van der Waals surface area contributed by atoms with Crippen LogP contribution in [0.3, 0.4) is 0 Å². The lowest BCUT2D eigenvalue weighted by Gasteiger charge is -2.41. The SMILES string of the molecule is CCC(=O)C1(C(C)C)NC=CN(CCCCCC(=O)O)C1=O.c1cc2ccc1-2. The van der Waals surface area contributed by atoms with E-state index in [0.29, 0.717) is 19.4 Å². The Labute approximate surface area is 166 Å². The molecule has 28 heavy (non-hydrogen) atoms. The zero-order chi connectivity index (χ0) is 20.7. The molecule has 2 N–H and O–H groups in total. The first-order valence-corrected chi connectivity index (χ1v) is 9.93. The lowest BCUT2D eigenvalue weighted by molar-refractivity contribution is -0.146. The number of carbonyl (C=O) groups is 3. The highest BCUT2D eigenvalue weighted by molar-refractivity contribution is 6.11. The van der Waals surface area contributed by atoms with Crippen LogP contribution in [0.2, 0.25) is 0 Å². The normalized spacial score (nSPS) is 19.0. The lowest BCUT2D eigenvalue weighted by atomic mass is 9.79. The molecule has 0 saturated heterocycles. The van der Waals surface area contributed by atoms with Gasteiger partial charge in [-0.2, -0.15) is 0 Å². The van der Waals surface area contributed by atoms with Crippen molar-refractivity contribution in [3.63, 3.8) is 0 Å². The van der Waals surface area contributed by atoms with Crippen LogP contribution in [-0.4, -0.2) is 39.7 Å². The number of carboxylic acids is 1. The number of nitrogens with zero attached hydrogens (tertiary/aromatic N) is 1. The van der Waals surface area contributed by atoms with Gasteiger partial charge in [-0.1, -0.05) is 51.5 Å². The lowest BCUT2D eigenvalue weighted by Crippen LogP contribution is -2.65. The molecule has 0 radical (unpaired) electrons. The molecule has 0 bridgehead atoms. The number of aliphatic carboxylic acids is 1. The Kier molecular flexibility index (Phi) is 7.38. The average Bonchev–Trinajstić information content (AvgIpc) is 2.65. The first kappa shape index (κ1) is 21.7. The van der Waals surface area contributed by atoms with Crippen molar-refractivity contribution in [1.29, 1.82) is 0 Å². The maximum Gasteiger partial charge on any atom is 0.303 e. The van der Waals surface area contributed by atoms with Crippen molar-refractivity contribution >= 4 is 17.7 Å². The van der Waals surface area contributed by atoms with Gasteiger partial charge in [0.2, 0.25) is 0 Å². The summed E-state index contributed by atoms with van der Waals surface area (Å²) in [5.41, 5.74) is 1.68. The highest BCUT2D eigenvalue weighted by Gasteiger charge is 2.49. The molecule has 1 heterocycles. The summed E-state index contributed by atoms with van der Waals surface area (Å²) >= 11 is 0. The fraction of sp³-hybridized carbons (Fsp3) is 0.500. The number of carboxylic acid groups (broad SMARTS) is 1. The standard InChI is InChI=1S/C16H26N2O4.C6H4/c1-4-13(19)16(12(2)3)15(22)18(11-9-17-16)10-7-5-6-8-14(20)21;1-2-6-4-3-5(1)6/h9,11-12,17H,4-8,10H2,1-3H3,(H,20,21);1-4H. The summed E-state index contributed by atoms with van der Waals surface area (Å²) in [5.74, 6) is -1.26. The largest absolute Gasteiger partial charge is 0.481 e. The predicted octanol–water partition coefficient (Wildman–Crippen LogP) is 3.58. The van der Waals surface area contributed by atoms with Gasteiger partial charge in [0, 0.05) is 31.8 Å². The van der Waals surface area contributed by atoms with Crippen molar-refractivity contribution in [3.05, 3.63) is 36.7 Å². The number of unbranched alkanes of at least 4 members (excludes halogenated alkanes) is 2. The van der Waals surface area contributed by atoms with Crippen LogP contribution in [0.15, 0.2) is 36.7 Å². The Balaban J connectivity index is 0.000000385. The van der Waals surface area contributed by atoms with Crippen LogP contribution in [-0.2, 0) is 14.4 Å². The van der Waals surface area contributed by atoms with E-state index in [-0.39, 0.29) is 24.0 Å². The molecule has 3 aliphatic rings. The van der Waals surface area contributed by atoms with Crippen LogP contribution >= 0.6 is 0 Å². The van der Waals surface area contributed by atoms with E-state index in [2.05, 4.69) is 29.6 Å². The second-order valence-electron chi connectivity index (χ2n) is 7.48. The smallest absolute Gasteiger partial charge is 0.303 e. The maximum atomic E-state index is 12.8. The number of benzene rings is 1. The van der Waals surface area contributed by atoms with E-state index in [0.717, 1.165) is 12.8 Å². The Hall–Kier alpha value is -2.63. The number of amides is 1. The Bertz CT molecular complexity index is 718. The van der Waals surface area contributed by atoms with Crippen LogP contribution in [0.25, 0.3) is 11.1 Å². The number of fused-ring (bicyclic) bond motifs is 1. The van der Waals surface area contributed by atoms with Crippen LogP contribution in [0.4, 0.5) is 0 Å². The molecule has 0 aromatic carbocycles. The Morgan fingerprint density at radius 3 is 2.14 bits per heavy atom. The third-order valence-corrected chi connectivity index (χ3v) is 5.30. The molecular formula is C22H30N2O4. The van der Waals surface area contributed by atoms with E-state index in [1.54, 1.807) is 24.2 Å². The Morgan fingerprint density at radius 2 is 1.71 bits per heavy atom. The molecule has 1 atom stereocenters. The highest BCUT2D eigenvalue weighted by atomic mass is 16.4. The fourth-order valence-corrected chi connectivity index (χ4v) is 3.40. The fourth-order valence-electron chi connectivity index (χ4n) is 3.40. The van der Waals surface area contributed by atoms with Gasteiger partial charge in [-0.25, -0.2) is 0 Å². The molecule has 0 spiro atoms. The van der Waals surface area contributed by atoms with Crippen molar-refractivity contribution in [2.24, 2.45) is 5.92 Å². The number of hydrogen-bond donors (Lipinski definition) is 2. The maximum absolute atomic E-state index is 12.8. The van der Waals surface area contributed by atoms with Gasteiger partial charge in [0.1, 0.15) is 0 Å². The zero-order valence-electron chi connectivity index (χ0n) is 16.9. The van der Waals surface area contributed by atoms with Gasteiger partial charge in [-0.15, -0.1) is 0 Å². The molecule has 3 rings (SSSR count). The number of ketones is 1. The van der Waals surface area contributed by atoms with E-state index in [9.17, 15) is 14.4 Å². The second kappa shape index (κ2) is 9.53. The van der Waals surface area contributed by atoms with Crippen molar-refractivity contribution in [1.82, 2.24) is 10.2 Å².